The second-order valence-electron chi connectivity index (χ2n) is 8.13. The largest absolute Gasteiger partial charge is 0.394 e. The molecule has 1 fully saturated rings. The Kier molecular flexibility index (Phi) is 7.52. The Labute approximate surface area is 207 Å². The summed E-state index contributed by atoms with van der Waals surface area (Å²) in [6, 6.07) is 4.08. The topological polar surface area (TPSA) is 144 Å². The number of pyridine rings is 1. The first-order valence-electron chi connectivity index (χ1n) is 11.6. The van der Waals surface area contributed by atoms with Crippen molar-refractivity contribution >= 4 is 29.3 Å². The standard InChI is InChI=1S/C23H28N8O3S/c24-23-27-13-16(14-28-23)21-29-17-11-18(35-20(17)22(30-21)31-4-8-34-9-5-31)15-1-2-19(26-12-15)25-3-7-33-10-6-32/h1-2,12-14,18,32H,3-11H2,(H,25,26)(H2,24,27,28). The van der Waals surface area contributed by atoms with Crippen molar-refractivity contribution in [2.24, 2.45) is 0 Å². The quantitative estimate of drug-likeness (QED) is 0.370. The van der Waals surface area contributed by atoms with Gasteiger partial charge in [-0.15, -0.1) is 11.8 Å². The highest BCUT2D eigenvalue weighted by Crippen LogP contribution is 2.49. The number of aliphatic hydroxyl groups is 1. The number of rotatable bonds is 9. The molecule has 1 saturated heterocycles. The minimum absolute atomic E-state index is 0.0290. The van der Waals surface area contributed by atoms with E-state index in [4.69, 9.17) is 30.3 Å². The minimum Gasteiger partial charge on any atom is -0.394 e. The summed E-state index contributed by atoms with van der Waals surface area (Å²) in [6.45, 7) is 4.45. The molecule has 3 aromatic heterocycles. The summed E-state index contributed by atoms with van der Waals surface area (Å²) in [7, 11) is 0. The smallest absolute Gasteiger partial charge is 0.219 e. The number of morpholine rings is 1. The lowest BCUT2D eigenvalue weighted by Crippen LogP contribution is -2.37. The summed E-state index contributed by atoms with van der Waals surface area (Å²) in [5, 5.41) is 12.2. The van der Waals surface area contributed by atoms with Gasteiger partial charge in [-0.1, -0.05) is 6.07 Å². The summed E-state index contributed by atoms with van der Waals surface area (Å²) < 4.78 is 10.8. The van der Waals surface area contributed by atoms with Crippen LogP contribution < -0.4 is 16.0 Å². The molecule has 0 spiro atoms. The van der Waals surface area contributed by atoms with Crippen LogP contribution in [-0.4, -0.2) is 82.7 Å². The Balaban J connectivity index is 1.35. The number of hydrogen-bond donors (Lipinski definition) is 3. The minimum atomic E-state index is 0.0290. The van der Waals surface area contributed by atoms with Crippen LogP contribution >= 0.6 is 11.8 Å². The van der Waals surface area contributed by atoms with E-state index in [9.17, 15) is 0 Å². The lowest BCUT2D eigenvalue weighted by molar-refractivity contribution is 0.0992. The van der Waals surface area contributed by atoms with Gasteiger partial charge in [0.15, 0.2) is 5.82 Å². The Morgan fingerprint density at radius 2 is 1.94 bits per heavy atom. The van der Waals surface area contributed by atoms with E-state index in [-0.39, 0.29) is 17.8 Å². The number of hydrogen-bond acceptors (Lipinski definition) is 12. The van der Waals surface area contributed by atoms with Crippen molar-refractivity contribution in [2.75, 3.05) is 68.6 Å². The van der Waals surface area contributed by atoms with E-state index in [1.54, 1.807) is 24.2 Å². The normalized spacial score (nSPS) is 17.4. The van der Waals surface area contributed by atoms with E-state index < -0.39 is 0 Å². The monoisotopic (exact) mass is 496 g/mol. The first kappa shape index (κ1) is 23.7. The van der Waals surface area contributed by atoms with E-state index in [0.29, 0.717) is 38.8 Å². The number of nitrogens with two attached hydrogens (primary N) is 1. The first-order valence-corrected chi connectivity index (χ1v) is 12.5. The van der Waals surface area contributed by atoms with Crippen LogP contribution in [0.2, 0.25) is 0 Å². The van der Waals surface area contributed by atoms with Crippen molar-refractivity contribution in [1.82, 2.24) is 24.9 Å². The van der Waals surface area contributed by atoms with Crippen LogP contribution in [0.15, 0.2) is 35.6 Å². The predicted octanol–water partition coefficient (Wildman–Crippen LogP) is 1.56. The molecule has 2 aliphatic heterocycles. The number of fused-ring (bicyclic) bond motifs is 1. The lowest BCUT2D eigenvalue weighted by Gasteiger charge is -2.29. The zero-order valence-electron chi connectivity index (χ0n) is 19.3. The van der Waals surface area contributed by atoms with Crippen LogP contribution in [-0.2, 0) is 15.9 Å². The zero-order valence-corrected chi connectivity index (χ0v) is 20.1. The average Bonchev–Trinajstić information content (AvgIpc) is 3.34. The van der Waals surface area contributed by atoms with Gasteiger partial charge in [-0.05, 0) is 11.6 Å². The summed E-state index contributed by atoms with van der Waals surface area (Å²) in [5.41, 5.74) is 8.57. The van der Waals surface area contributed by atoms with Crippen LogP contribution in [0.1, 0.15) is 16.5 Å². The Hall–Kier alpha value is -3.06. The molecule has 1 atom stereocenters. The van der Waals surface area contributed by atoms with E-state index in [0.717, 1.165) is 52.9 Å². The molecule has 12 heteroatoms. The molecule has 5 heterocycles. The van der Waals surface area contributed by atoms with E-state index in [1.165, 1.54) is 0 Å². The van der Waals surface area contributed by atoms with Gasteiger partial charge in [0.05, 0.1) is 49.2 Å². The van der Waals surface area contributed by atoms with Gasteiger partial charge in [0.2, 0.25) is 5.95 Å². The van der Waals surface area contributed by atoms with Gasteiger partial charge < -0.3 is 30.5 Å². The zero-order chi connectivity index (χ0) is 24.0. The molecule has 184 valence electrons. The Morgan fingerprint density at radius 3 is 2.69 bits per heavy atom. The number of ether oxygens (including phenoxy) is 2. The summed E-state index contributed by atoms with van der Waals surface area (Å²) >= 11 is 1.79. The first-order chi connectivity index (χ1) is 17.2. The highest BCUT2D eigenvalue weighted by atomic mass is 32.2. The molecule has 0 amide bonds. The molecule has 0 bridgehead atoms. The predicted molar refractivity (Wildman–Crippen MR) is 133 cm³/mol. The lowest BCUT2D eigenvalue weighted by atomic mass is 10.1. The third-order valence-corrected chi connectivity index (χ3v) is 7.12. The molecule has 0 aliphatic carbocycles. The van der Waals surface area contributed by atoms with Crippen molar-refractivity contribution in [1.29, 1.82) is 0 Å². The van der Waals surface area contributed by atoms with Crippen molar-refractivity contribution in [2.45, 2.75) is 16.6 Å². The SMILES string of the molecule is Nc1ncc(-c2nc3c(c(N4CCOCC4)n2)SC(c2ccc(NCCOCCO)nc2)C3)cn1. The number of anilines is 3. The molecule has 11 nitrogen and oxygen atoms in total. The van der Waals surface area contributed by atoms with Crippen LogP contribution in [0.5, 0.6) is 0 Å². The molecular formula is C23H28N8O3S. The number of nitrogen functional groups attached to an aromatic ring is 1. The average molecular weight is 497 g/mol. The fourth-order valence-electron chi connectivity index (χ4n) is 3.98. The van der Waals surface area contributed by atoms with Crippen LogP contribution in [0, 0.1) is 0 Å². The maximum Gasteiger partial charge on any atom is 0.219 e. The summed E-state index contributed by atoms with van der Waals surface area (Å²) in [6.07, 6.45) is 6.03. The second-order valence-corrected chi connectivity index (χ2v) is 9.34. The van der Waals surface area contributed by atoms with Crippen molar-refractivity contribution in [3.05, 3.63) is 42.0 Å². The van der Waals surface area contributed by atoms with Gasteiger partial charge in [0.25, 0.3) is 0 Å². The molecule has 2 aliphatic rings. The highest BCUT2D eigenvalue weighted by Gasteiger charge is 2.32. The van der Waals surface area contributed by atoms with Gasteiger partial charge in [0.1, 0.15) is 11.6 Å². The van der Waals surface area contributed by atoms with Gasteiger partial charge >= 0.3 is 0 Å². The third kappa shape index (κ3) is 5.61. The van der Waals surface area contributed by atoms with Gasteiger partial charge in [0, 0.05) is 49.9 Å². The number of thioether (sulfide) groups is 1. The fourth-order valence-corrected chi connectivity index (χ4v) is 5.32. The fraction of sp³-hybridized carbons (Fsp3) is 0.435. The van der Waals surface area contributed by atoms with Crippen LogP contribution in [0.3, 0.4) is 0 Å². The number of aromatic nitrogens is 5. The molecule has 35 heavy (non-hydrogen) atoms. The van der Waals surface area contributed by atoms with Crippen molar-refractivity contribution in [3.63, 3.8) is 0 Å². The van der Waals surface area contributed by atoms with Crippen LogP contribution in [0.25, 0.3) is 11.4 Å². The highest BCUT2D eigenvalue weighted by molar-refractivity contribution is 8.00. The molecule has 3 aromatic rings. The molecule has 5 rings (SSSR count). The van der Waals surface area contributed by atoms with E-state index in [1.807, 2.05) is 12.3 Å². The van der Waals surface area contributed by atoms with E-state index in [2.05, 4.69) is 31.2 Å². The van der Waals surface area contributed by atoms with E-state index >= 15 is 0 Å². The molecule has 0 radical (unpaired) electrons. The second kappa shape index (κ2) is 11.1. The number of aliphatic hydroxyl groups excluding tert-OH is 1. The third-order valence-electron chi connectivity index (χ3n) is 5.74. The Morgan fingerprint density at radius 1 is 1.11 bits per heavy atom. The molecule has 1 unspecified atom stereocenters. The van der Waals surface area contributed by atoms with Crippen molar-refractivity contribution < 1.29 is 14.6 Å². The van der Waals surface area contributed by atoms with Gasteiger partial charge in [-0.3, -0.25) is 0 Å². The van der Waals surface area contributed by atoms with Crippen LogP contribution in [0.4, 0.5) is 17.6 Å². The van der Waals surface area contributed by atoms with Gasteiger partial charge in [-0.2, -0.15) is 0 Å². The summed E-state index contributed by atoms with van der Waals surface area (Å²) in [5.74, 6) is 2.56. The molecule has 0 saturated carbocycles. The van der Waals surface area contributed by atoms with Crippen molar-refractivity contribution in [3.8, 4) is 11.4 Å². The number of nitrogens with zero attached hydrogens (tertiary/aromatic N) is 6. The maximum absolute atomic E-state index is 8.77. The number of nitrogens with one attached hydrogen (secondary N) is 1. The summed E-state index contributed by atoms with van der Waals surface area (Å²) in [4.78, 5) is 26.0. The van der Waals surface area contributed by atoms with Gasteiger partial charge in [-0.25, -0.2) is 24.9 Å². The maximum atomic E-state index is 8.77. The molecule has 4 N–H and O–H groups in total. The molecule has 0 aromatic carbocycles. The Bertz CT molecular complexity index is 1130. The molecular weight excluding hydrogens is 468 g/mol.